The number of fused-ring (bicyclic) bond motifs is 1. The van der Waals surface area contributed by atoms with Crippen molar-refractivity contribution in [3.8, 4) is 0 Å². The van der Waals surface area contributed by atoms with E-state index in [0.717, 1.165) is 49.0 Å². The molecule has 0 aliphatic carbocycles. The normalized spacial score (nSPS) is 15.7. The molecule has 1 saturated heterocycles. The lowest BCUT2D eigenvalue weighted by atomic mass is 10.2. The van der Waals surface area contributed by atoms with Gasteiger partial charge in [-0.05, 0) is 30.7 Å². The minimum Gasteiger partial charge on any atom is -0.370 e. The lowest BCUT2D eigenvalue weighted by Crippen LogP contribution is -2.51. The van der Waals surface area contributed by atoms with E-state index in [9.17, 15) is 0 Å². The monoisotopic (exact) mass is 350 g/mol. The van der Waals surface area contributed by atoms with Crippen LogP contribution < -0.4 is 10.6 Å². The number of hydrogen-bond acceptors (Lipinski definition) is 5. The SMILES string of the molecule is Cc1ccc2nc(CN=C(N)N3CCN(c4ncccn4)CC3)[nH]c2c1. The number of H-pyrrole nitrogens is 1. The fourth-order valence-corrected chi connectivity index (χ4v) is 3.10. The van der Waals surface area contributed by atoms with Crippen LogP contribution in [0.3, 0.4) is 0 Å². The van der Waals surface area contributed by atoms with Crippen LogP contribution in [0.2, 0.25) is 0 Å². The van der Waals surface area contributed by atoms with Gasteiger partial charge in [0.05, 0.1) is 11.0 Å². The maximum atomic E-state index is 6.18. The fraction of sp³-hybridized carbons (Fsp3) is 0.333. The Hall–Kier alpha value is -3.16. The number of imidazole rings is 1. The number of nitrogens with two attached hydrogens (primary N) is 1. The second kappa shape index (κ2) is 6.99. The summed E-state index contributed by atoms with van der Waals surface area (Å²) in [5.41, 5.74) is 9.37. The van der Waals surface area contributed by atoms with Gasteiger partial charge in [-0.3, -0.25) is 0 Å². The third-order valence-electron chi connectivity index (χ3n) is 4.52. The van der Waals surface area contributed by atoms with E-state index in [4.69, 9.17) is 5.73 Å². The van der Waals surface area contributed by atoms with Crippen LogP contribution in [-0.4, -0.2) is 57.0 Å². The maximum Gasteiger partial charge on any atom is 0.225 e. The number of aliphatic imine (C=N–C) groups is 1. The Bertz CT molecular complexity index is 909. The first-order valence-corrected chi connectivity index (χ1v) is 8.71. The second-order valence-electron chi connectivity index (χ2n) is 6.40. The first-order valence-electron chi connectivity index (χ1n) is 8.71. The summed E-state index contributed by atoms with van der Waals surface area (Å²) in [7, 11) is 0. The van der Waals surface area contributed by atoms with Gasteiger partial charge in [0.1, 0.15) is 12.4 Å². The van der Waals surface area contributed by atoms with Gasteiger partial charge in [-0.15, -0.1) is 0 Å². The zero-order valence-corrected chi connectivity index (χ0v) is 14.8. The summed E-state index contributed by atoms with van der Waals surface area (Å²) in [5.74, 6) is 2.14. The lowest BCUT2D eigenvalue weighted by Gasteiger charge is -2.35. The molecule has 0 bridgehead atoms. The molecule has 3 N–H and O–H groups in total. The number of anilines is 1. The number of aryl methyl sites for hydroxylation is 1. The van der Waals surface area contributed by atoms with E-state index in [0.29, 0.717) is 12.5 Å². The van der Waals surface area contributed by atoms with Crippen molar-refractivity contribution in [2.45, 2.75) is 13.5 Å². The van der Waals surface area contributed by atoms with Crippen molar-refractivity contribution < 1.29 is 0 Å². The van der Waals surface area contributed by atoms with E-state index in [1.54, 1.807) is 12.4 Å². The quantitative estimate of drug-likeness (QED) is 0.546. The summed E-state index contributed by atoms with van der Waals surface area (Å²) in [6.07, 6.45) is 3.53. The molecule has 0 saturated carbocycles. The Morgan fingerprint density at radius 1 is 1.19 bits per heavy atom. The summed E-state index contributed by atoms with van der Waals surface area (Å²) >= 11 is 0. The van der Waals surface area contributed by atoms with Gasteiger partial charge in [-0.2, -0.15) is 0 Å². The Labute approximate surface area is 151 Å². The largest absolute Gasteiger partial charge is 0.370 e. The third-order valence-corrected chi connectivity index (χ3v) is 4.52. The molecule has 1 aliphatic rings. The average Bonchev–Trinajstić information content (AvgIpc) is 3.09. The molecule has 26 heavy (non-hydrogen) atoms. The molecule has 1 aliphatic heterocycles. The van der Waals surface area contributed by atoms with Gasteiger partial charge >= 0.3 is 0 Å². The highest BCUT2D eigenvalue weighted by molar-refractivity contribution is 5.79. The minimum absolute atomic E-state index is 0.446. The zero-order valence-electron chi connectivity index (χ0n) is 14.8. The van der Waals surface area contributed by atoms with Crippen LogP contribution in [0, 0.1) is 6.92 Å². The fourth-order valence-electron chi connectivity index (χ4n) is 3.10. The van der Waals surface area contributed by atoms with Crippen molar-refractivity contribution in [2.24, 2.45) is 10.7 Å². The molecule has 8 heteroatoms. The predicted molar refractivity (Wildman–Crippen MR) is 102 cm³/mol. The summed E-state index contributed by atoms with van der Waals surface area (Å²) in [6, 6.07) is 7.98. The minimum atomic E-state index is 0.446. The number of aromatic amines is 1. The predicted octanol–water partition coefficient (Wildman–Crippen LogP) is 1.30. The maximum absolute atomic E-state index is 6.18. The van der Waals surface area contributed by atoms with Crippen molar-refractivity contribution in [1.29, 1.82) is 0 Å². The highest BCUT2D eigenvalue weighted by atomic mass is 15.4. The van der Waals surface area contributed by atoms with Crippen LogP contribution in [0.5, 0.6) is 0 Å². The van der Waals surface area contributed by atoms with Crippen molar-refractivity contribution in [3.05, 3.63) is 48.0 Å². The van der Waals surface area contributed by atoms with Crippen molar-refractivity contribution in [2.75, 3.05) is 31.1 Å². The smallest absolute Gasteiger partial charge is 0.225 e. The van der Waals surface area contributed by atoms with Gasteiger partial charge in [-0.1, -0.05) is 6.07 Å². The number of rotatable bonds is 3. The molecule has 0 spiro atoms. The number of hydrogen-bond donors (Lipinski definition) is 2. The summed E-state index contributed by atoms with van der Waals surface area (Å²) < 4.78 is 0. The first kappa shape index (κ1) is 16.3. The molecule has 3 aromatic rings. The van der Waals surface area contributed by atoms with Crippen molar-refractivity contribution >= 4 is 22.9 Å². The number of guanidine groups is 1. The number of aromatic nitrogens is 4. The Morgan fingerprint density at radius 3 is 2.73 bits per heavy atom. The van der Waals surface area contributed by atoms with Crippen LogP contribution in [0.25, 0.3) is 11.0 Å². The van der Waals surface area contributed by atoms with Gasteiger partial charge in [-0.25, -0.2) is 19.9 Å². The molecule has 0 unspecified atom stereocenters. The van der Waals surface area contributed by atoms with Crippen LogP contribution >= 0.6 is 0 Å². The van der Waals surface area contributed by atoms with E-state index >= 15 is 0 Å². The molecule has 0 amide bonds. The molecular formula is C18H22N8. The third kappa shape index (κ3) is 3.44. The Kier molecular flexibility index (Phi) is 4.39. The second-order valence-corrected chi connectivity index (χ2v) is 6.40. The highest BCUT2D eigenvalue weighted by Gasteiger charge is 2.19. The summed E-state index contributed by atoms with van der Waals surface area (Å²) in [6.45, 7) is 5.76. The van der Waals surface area contributed by atoms with Crippen LogP contribution in [-0.2, 0) is 6.54 Å². The molecule has 1 fully saturated rings. The molecular weight excluding hydrogens is 328 g/mol. The van der Waals surface area contributed by atoms with Crippen molar-refractivity contribution in [3.63, 3.8) is 0 Å². The number of nitrogens with one attached hydrogen (secondary N) is 1. The van der Waals surface area contributed by atoms with Crippen LogP contribution in [0.4, 0.5) is 5.95 Å². The highest BCUT2D eigenvalue weighted by Crippen LogP contribution is 2.14. The molecule has 134 valence electrons. The standard InChI is InChI=1S/C18H22N8/c1-13-3-4-14-15(11-13)24-16(23-14)12-22-17(19)25-7-9-26(10-8-25)18-20-5-2-6-21-18/h2-6,11H,7-10,12H2,1H3,(H2,19,22)(H,23,24). The van der Waals surface area contributed by atoms with Gasteiger partial charge < -0.3 is 20.5 Å². The summed E-state index contributed by atoms with van der Waals surface area (Å²) in [5, 5.41) is 0. The number of nitrogens with zero attached hydrogens (tertiary/aromatic N) is 6. The van der Waals surface area contributed by atoms with Crippen LogP contribution in [0.15, 0.2) is 41.7 Å². The molecule has 0 atom stereocenters. The van der Waals surface area contributed by atoms with Crippen molar-refractivity contribution in [1.82, 2.24) is 24.8 Å². The van der Waals surface area contributed by atoms with Gasteiger partial charge in [0.25, 0.3) is 0 Å². The van der Waals surface area contributed by atoms with E-state index in [2.05, 4.69) is 53.8 Å². The van der Waals surface area contributed by atoms with Gasteiger partial charge in [0.2, 0.25) is 5.95 Å². The summed E-state index contributed by atoms with van der Waals surface area (Å²) in [4.78, 5) is 25.2. The molecule has 3 heterocycles. The van der Waals surface area contributed by atoms with Gasteiger partial charge in [0, 0.05) is 38.6 Å². The van der Waals surface area contributed by atoms with E-state index in [1.165, 1.54) is 5.56 Å². The van der Waals surface area contributed by atoms with E-state index < -0.39 is 0 Å². The zero-order chi connectivity index (χ0) is 17.9. The molecule has 2 aromatic heterocycles. The molecule has 0 radical (unpaired) electrons. The van der Waals surface area contributed by atoms with Gasteiger partial charge in [0.15, 0.2) is 5.96 Å². The average molecular weight is 350 g/mol. The molecule has 4 rings (SSSR count). The number of piperazine rings is 1. The molecule has 1 aromatic carbocycles. The van der Waals surface area contributed by atoms with E-state index in [1.807, 2.05) is 12.1 Å². The first-order chi connectivity index (χ1) is 12.7. The Balaban J connectivity index is 1.37. The Morgan fingerprint density at radius 2 is 1.96 bits per heavy atom. The molecule has 8 nitrogen and oxygen atoms in total. The van der Waals surface area contributed by atoms with E-state index in [-0.39, 0.29) is 0 Å². The topological polar surface area (TPSA) is 99.3 Å². The lowest BCUT2D eigenvalue weighted by molar-refractivity contribution is 0.378. The number of benzene rings is 1. The van der Waals surface area contributed by atoms with Crippen LogP contribution in [0.1, 0.15) is 11.4 Å².